The number of halogens is 2. The Kier molecular flexibility index (Phi) is 11.4. The van der Waals surface area contributed by atoms with E-state index in [0.717, 1.165) is 10.0 Å². The molecule has 0 spiro atoms. The summed E-state index contributed by atoms with van der Waals surface area (Å²) in [5.74, 6) is 2.10. The number of nitrogens with one attached hydrogen (secondary N) is 2. The first-order valence-corrected chi connectivity index (χ1v) is 7.29. The molecule has 0 saturated heterocycles. The normalized spacial score (nSPS) is 10.7. The van der Waals surface area contributed by atoms with Crippen molar-refractivity contribution in [3.8, 4) is 11.5 Å². The van der Waals surface area contributed by atoms with Crippen molar-refractivity contribution in [3.05, 3.63) is 22.2 Å². The zero-order valence-electron chi connectivity index (χ0n) is 13.2. The molecule has 8 heteroatoms. The smallest absolute Gasteiger partial charge is 0.191 e. The highest BCUT2D eigenvalue weighted by atomic mass is 127. The molecule has 22 heavy (non-hydrogen) atoms. The first kappa shape index (κ1) is 21.3. The molecule has 0 heterocycles. The van der Waals surface area contributed by atoms with Crippen molar-refractivity contribution in [1.29, 1.82) is 0 Å². The summed E-state index contributed by atoms with van der Waals surface area (Å²) in [6.07, 6.45) is 0. The van der Waals surface area contributed by atoms with Gasteiger partial charge in [-0.25, -0.2) is 0 Å². The lowest BCUT2D eigenvalue weighted by atomic mass is 10.2. The van der Waals surface area contributed by atoms with Gasteiger partial charge in [-0.05, 0) is 17.7 Å². The molecule has 0 amide bonds. The van der Waals surface area contributed by atoms with Crippen LogP contribution in [0, 0.1) is 0 Å². The van der Waals surface area contributed by atoms with E-state index in [9.17, 15) is 0 Å². The molecule has 0 aliphatic heterocycles. The standard InChI is InChI=1S/C14H22BrN3O3.HI/c1-16-14(17-5-6-19-2)18-9-10-7-12(20-3)13(21-4)8-11(10)15;/h7-8H,5-6,9H2,1-4H3,(H2,16,17,18);1H. The van der Waals surface area contributed by atoms with Crippen molar-refractivity contribution in [2.45, 2.75) is 6.54 Å². The van der Waals surface area contributed by atoms with Crippen LogP contribution >= 0.6 is 39.9 Å². The third kappa shape index (κ3) is 6.57. The maximum absolute atomic E-state index is 5.31. The van der Waals surface area contributed by atoms with E-state index in [1.165, 1.54) is 0 Å². The van der Waals surface area contributed by atoms with Gasteiger partial charge in [-0.2, -0.15) is 0 Å². The van der Waals surface area contributed by atoms with Crippen LogP contribution in [0.25, 0.3) is 0 Å². The summed E-state index contributed by atoms with van der Waals surface area (Å²) in [5, 5.41) is 6.39. The van der Waals surface area contributed by atoms with E-state index in [1.807, 2.05) is 12.1 Å². The fraction of sp³-hybridized carbons (Fsp3) is 0.500. The third-order valence-corrected chi connectivity index (χ3v) is 3.56. The van der Waals surface area contributed by atoms with Crippen molar-refractivity contribution in [3.63, 3.8) is 0 Å². The molecule has 1 aromatic carbocycles. The number of rotatable bonds is 7. The van der Waals surface area contributed by atoms with Crippen molar-refractivity contribution < 1.29 is 14.2 Å². The summed E-state index contributed by atoms with van der Waals surface area (Å²) in [6.45, 7) is 1.93. The highest BCUT2D eigenvalue weighted by Gasteiger charge is 2.10. The zero-order valence-corrected chi connectivity index (χ0v) is 17.2. The Balaban J connectivity index is 0.00000441. The molecule has 0 aromatic heterocycles. The number of hydrogen-bond donors (Lipinski definition) is 2. The number of methoxy groups -OCH3 is 3. The molecule has 0 bridgehead atoms. The monoisotopic (exact) mass is 487 g/mol. The molecule has 0 fully saturated rings. The van der Waals surface area contributed by atoms with Gasteiger partial charge >= 0.3 is 0 Å². The lowest BCUT2D eigenvalue weighted by Gasteiger charge is -2.14. The van der Waals surface area contributed by atoms with Crippen LogP contribution in [0.1, 0.15) is 5.56 Å². The molecule has 6 nitrogen and oxygen atoms in total. The molecule has 0 radical (unpaired) electrons. The van der Waals surface area contributed by atoms with E-state index in [1.54, 1.807) is 28.4 Å². The summed E-state index contributed by atoms with van der Waals surface area (Å²) in [4.78, 5) is 4.15. The van der Waals surface area contributed by atoms with Crippen LogP contribution in [0.15, 0.2) is 21.6 Å². The highest BCUT2D eigenvalue weighted by Crippen LogP contribution is 2.33. The quantitative estimate of drug-likeness (QED) is 0.267. The van der Waals surface area contributed by atoms with Gasteiger partial charge in [-0.3, -0.25) is 4.99 Å². The second kappa shape index (κ2) is 11.8. The summed E-state index contributed by atoms with van der Waals surface area (Å²) < 4.78 is 16.5. The van der Waals surface area contributed by atoms with Crippen LogP contribution in [0.5, 0.6) is 11.5 Å². The van der Waals surface area contributed by atoms with Gasteiger partial charge in [0.25, 0.3) is 0 Å². The fourth-order valence-corrected chi connectivity index (χ4v) is 2.17. The van der Waals surface area contributed by atoms with Crippen molar-refractivity contribution in [2.75, 3.05) is 41.5 Å². The number of ether oxygens (including phenoxy) is 3. The van der Waals surface area contributed by atoms with Crippen LogP contribution in [0.3, 0.4) is 0 Å². The van der Waals surface area contributed by atoms with E-state index in [4.69, 9.17) is 14.2 Å². The Morgan fingerprint density at radius 1 is 1.14 bits per heavy atom. The Hall–Kier alpha value is -0.740. The number of guanidine groups is 1. The van der Waals surface area contributed by atoms with Gasteiger partial charge in [0.05, 0.1) is 20.8 Å². The number of benzene rings is 1. The Bertz CT molecular complexity index is 487. The minimum absolute atomic E-state index is 0. The Morgan fingerprint density at radius 3 is 2.32 bits per heavy atom. The molecule has 1 rings (SSSR count). The average Bonchev–Trinajstić information content (AvgIpc) is 2.51. The molecular weight excluding hydrogens is 465 g/mol. The van der Waals surface area contributed by atoms with Crippen LogP contribution in [-0.4, -0.2) is 47.5 Å². The molecular formula is C14H23BrIN3O3. The van der Waals surface area contributed by atoms with E-state index >= 15 is 0 Å². The van der Waals surface area contributed by atoms with Crippen molar-refractivity contribution >= 4 is 45.9 Å². The Labute approximate surface area is 157 Å². The second-order valence-corrected chi connectivity index (χ2v) is 5.00. The Morgan fingerprint density at radius 2 is 1.77 bits per heavy atom. The average molecular weight is 488 g/mol. The SMILES string of the molecule is CN=C(NCCOC)NCc1cc(OC)c(OC)cc1Br.I. The van der Waals surface area contributed by atoms with E-state index in [0.29, 0.717) is 37.2 Å². The van der Waals surface area contributed by atoms with Crippen LogP contribution in [-0.2, 0) is 11.3 Å². The molecule has 0 aliphatic rings. The lowest BCUT2D eigenvalue weighted by Crippen LogP contribution is -2.38. The van der Waals surface area contributed by atoms with E-state index in [-0.39, 0.29) is 24.0 Å². The van der Waals surface area contributed by atoms with Gasteiger partial charge < -0.3 is 24.8 Å². The van der Waals surface area contributed by atoms with Gasteiger partial charge in [-0.1, -0.05) is 15.9 Å². The first-order chi connectivity index (χ1) is 10.2. The van der Waals surface area contributed by atoms with Crippen LogP contribution in [0.2, 0.25) is 0 Å². The molecule has 0 unspecified atom stereocenters. The molecule has 2 N–H and O–H groups in total. The van der Waals surface area contributed by atoms with E-state index < -0.39 is 0 Å². The maximum Gasteiger partial charge on any atom is 0.191 e. The van der Waals surface area contributed by atoms with Crippen LogP contribution < -0.4 is 20.1 Å². The number of hydrogen-bond acceptors (Lipinski definition) is 4. The predicted octanol–water partition coefficient (Wildman–Crippen LogP) is 2.40. The zero-order chi connectivity index (χ0) is 15.7. The van der Waals surface area contributed by atoms with E-state index in [2.05, 4.69) is 31.6 Å². The molecule has 0 atom stereocenters. The van der Waals surface area contributed by atoms with Gasteiger partial charge in [0.1, 0.15) is 0 Å². The largest absolute Gasteiger partial charge is 0.493 e. The molecule has 0 aliphatic carbocycles. The van der Waals surface area contributed by atoms with Gasteiger partial charge in [-0.15, -0.1) is 24.0 Å². The summed E-state index contributed by atoms with van der Waals surface area (Å²) >= 11 is 3.53. The minimum Gasteiger partial charge on any atom is -0.493 e. The lowest BCUT2D eigenvalue weighted by molar-refractivity contribution is 0.203. The minimum atomic E-state index is 0. The molecule has 0 saturated carbocycles. The fourth-order valence-electron chi connectivity index (χ4n) is 1.70. The summed E-state index contributed by atoms with van der Waals surface area (Å²) in [6, 6.07) is 3.81. The van der Waals surface area contributed by atoms with Gasteiger partial charge in [0.15, 0.2) is 17.5 Å². The summed E-state index contributed by atoms with van der Waals surface area (Å²) in [7, 11) is 6.63. The van der Waals surface area contributed by atoms with Crippen LogP contribution in [0.4, 0.5) is 0 Å². The van der Waals surface area contributed by atoms with Crippen molar-refractivity contribution in [1.82, 2.24) is 10.6 Å². The van der Waals surface area contributed by atoms with Gasteiger partial charge in [0.2, 0.25) is 0 Å². The molecule has 126 valence electrons. The topological polar surface area (TPSA) is 64.1 Å². The highest BCUT2D eigenvalue weighted by molar-refractivity contribution is 14.0. The first-order valence-electron chi connectivity index (χ1n) is 6.50. The van der Waals surface area contributed by atoms with Gasteiger partial charge in [0, 0.05) is 31.7 Å². The maximum atomic E-state index is 5.31. The third-order valence-electron chi connectivity index (χ3n) is 2.82. The molecule has 1 aromatic rings. The van der Waals surface area contributed by atoms with Crippen molar-refractivity contribution in [2.24, 2.45) is 4.99 Å². The summed E-state index contributed by atoms with van der Waals surface area (Å²) in [5.41, 5.74) is 1.04. The predicted molar refractivity (Wildman–Crippen MR) is 103 cm³/mol. The second-order valence-electron chi connectivity index (χ2n) is 4.14. The number of aliphatic imine (C=N–C) groups is 1. The number of nitrogens with zero attached hydrogens (tertiary/aromatic N) is 1.